The van der Waals surface area contributed by atoms with E-state index in [4.69, 9.17) is 4.74 Å². The second-order valence-corrected chi connectivity index (χ2v) is 4.15. The first kappa shape index (κ1) is 13.1. The van der Waals surface area contributed by atoms with Gasteiger partial charge in [0.15, 0.2) is 0 Å². The molecule has 1 saturated heterocycles. The third-order valence-electron chi connectivity index (χ3n) is 2.79. The fraction of sp³-hybridized carbons (Fsp3) is 0.286. The fourth-order valence-electron chi connectivity index (χ4n) is 1.80. The molecule has 5 heteroatoms. The smallest absolute Gasteiger partial charge is 0.407 e. The number of amides is 2. The Morgan fingerprint density at radius 2 is 2.16 bits per heavy atom. The van der Waals surface area contributed by atoms with Crippen molar-refractivity contribution in [3.05, 3.63) is 42.0 Å². The number of hydrogen-bond donors (Lipinski definition) is 2. The summed E-state index contributed by atoms with van der Waals surface area (Å²) < 4.78 is 4.75. The highest BCUT2D eigenvalue weighted by molar-refractivity contribution is 5.93. The van der Waals surface area contributed by atoms with E-state index >= 15 is 0 Å². The Balaban J connectivity index is 1.92. The van der Waals surface area contributed by atoms with Gasteiger partial charge in [-0.1, -0.05) is 42.5 Å². The first-order chi connectivity index (χ1) is 9.20. The lowest BCUT2D eigenvalue weighted by Gasteiger charge is -2.34. The standard InChI is InChI=1S/C14H16N2O3/c1-2-19-14(18)16-12-11(15-13(12)17)9-8-10-6-4-3-5-7-10/h3-9,11-12H,2H2,1H3,(H,15,17)(H,16,18). The molecule has 0 aromatic heterocycles. The molecule has 0 spiro atoms. The van der Waals surface area contributed by atoms with Gasteiger partial charge in [-0.2, -0.15) is 0 Å². The minimum Gasteiger partial charge on any atom is -0.450 e. The summed E-state index contributed by atoms with van der Waals surface area (Å²) in [5.74, 6) is -0.198. The molecule has 1 aromatic carbocycles. The van der Waals surface area contributed by atoms with Crippen molar-refractivity contribution in [2.45, 2.75) is 19.0 Å². The van der Waals surface area contributed by atoms with Crippen LogP contribution in [0.1, 0.15) is 12.5 Å². The van der Waals surface area contributed by atoms with Gasteiger partial charge in [0.1, 0.15) is 6.04 Å². The van der Waals surface area contributed by atoms with Gasteiger partial charge in [-0.3, -0.25) is 4.79 Å². The van der Waals surface area contributed by atoms with Gasteiger partial charge in [-0.05, 0) is 12.5 Å². The number of carbonyl (C=O) groups is 2. The molecule has 0 aliphatic carbocycles. The Morgan fingerprint density at radius 1 is 1.42 bits per heavy atom. The molecule has 2 amide bonds. The summed E-state index contributed by atoms with van der Waals surface area (Å²) >= 11 is 0. The van der Waals surface area contributed by atoms with Crippen molar-refractivity contribution < 1.29 is 14.3 Å². The minimum atomic E-state index is -0.569. The number of carbonyl (C=O) groups excluding carboxylic acids is 2. The normalized spacial score (nSPS) is 21.6. The zero-order valence-corrected chi connectivity index (χ0v) is 10.6. The van der Waals surface area contributed by atoms with Crippen LogP contribution in [0.25, 0.3) is 6.08 Å². The van der Waals surface area contributed by atoms with Gasteiger partial charge in [0.25, 0.3) is 0 Å². The van der Waals surface area contributed by atoms with E-state index in [0.29, 0.717) is 0 Å². The number of nitrogens with one attached hydrogen (secondary N) is 2. The third-order valence-corrected chi connectivity index (χ3v) is 2.79. The van der Waals surface area contributed by atoms with Crippen molar-refractivity contribution in [2.75, 3.05) is 6.61 Å². The largest absolute Gasteiger partial charge is 0.450 e. The summed E-state index contributed by atoms with van der Waals surface area (Å²) in [5.41, 5.74) is 1.04. The van der Waals surface area contributed by atoms with Gasteiger partial charge in [-0.15, -0.1) is 0 Å². The number of rotatable bonds is 4. The van der Waals surface area contributed by atoms with Gasteiger partial charge in [0.05, 0.1) is 12.6 Å². The molecular weight excluding hydrogens is 244 g/mol. The van der Waals surface area contributed by atoms with Crippen LogP contribution in [0.4, 0.5) is 4.79 Å². The number of β-lactam (4-membered cyclic amide) rings is 1. The highest BCUT2D eigenvalue weighted by atomic mass is 16.5. The molecule has 100 valence electrons. The molecule has 2 N–H and O–H groups in total. The number of alkyl carbamates (subject to hydrolysis) is 1. The maximum absolute atomic E-state index is 11.4. The molecule has 0 saturated carbocycles. The molecule has 1 aromatic rings. The van der Waals surface area contributed by atoms with Crippen molar-refractivity contribution in [3.63, 3.8) is 0 Å². The van der Waals surface area contributed by atoms with Crippen LogP contribution in [0.5, 0.6) is 0 Å². The maximum atomic E-state index is 11.4. The summed E-state index contributed by atoms with van der Waals surface area (Å²) in [7, 11) is 0. The van der Waals surface area contributed by atoms with Crippen LogP contribution >= 0.6 is 0 Å². The first-order valence-electron chi connectivity index (χ1n) is 6.17. The molecule has 1 fully saturated rings. The second kappa shape index (κ2) is 6.04. The fourth-order valence-corrected chi connectivity index (χ4v) is 1.80. The van der Waals surface area contributed by atoms with E-state index in [9.17, 15) is 9.59 Å². The van der Waals surface area contributed by atoms with Gasteiger partial charge in [-0.25, -0.2) is 4.79 Å². The summed E-state index contributed by atoms with van der Waals surface area (Å²) in [5, 5.41) is 5.24. The van der Waals surface area contributed by atoms with E-state index in [1.165, 1.54) is 0 Å². The number of benzene rings is 1. The molecule has 0 radical (unpaired) electrons. The topological polar surface area (TPSA) is 67.4 Å². The van der Waals surface area contributed by atoms with Crippen LogP contribution in [0.2, 0.25) is 0 Å². The van der Waals surface area contributed by atoms with E-state index in [2.05, 4.69) is 10.6 Å². The lowest BCUT2D eigenvalue weighted by molar-refractivity contribution is -0.130. The lowest BCUT2D eigenvalue weighted by atomic mass is 9.98. The Morgan fingerprint density at radius 3 is 2.79 bits per heavy atom. The molecule has 2 atom stereocenters. The van der Waals surface area contributed by atoms with Crippen molar-refractivity contribution in [3.8, 4) is 0 Å². The highest BCUT2D eigenvalue weighted by Crippen LogP contribution is 2.11. The van der Waals surface area contributed by atoms with E-state index in [1.807, 2.05) is 42.5 Å². The van der Waals surface area contributed by atoms with Crippen molar-refractivity contribution in [2.24, 2.45) is 0 Å². The van der Waals surface area contributed by atoms with E-state index < -0.39 is 12.1 Å². The Hall–Kier alpha value is -2.30. The van der Waals surface area contributed by atoms with Gasteiger partial charge in [0.2, 0.25) is 5.91 Å². The predicted molar refractivity (Wildman–Crippen MR) is 71.4 cm³/mol. The summed E-state index contributed by atoms with van der Waals surface area (Å²) in [6.07, 6.45) is 3.19. The highest BCUT2D eigenvalue weighted by Gasteiger charge is 2.38. The predicted octanol–water partition coefficient (Wildman–Crippen LogP) is 1.31. The maximum Gasteiger partial charge on any atom is 0.407 e. The SMILES string of the molecule is CCOC(=O)NC1C(=O)NC1C=Cc1ccccc1. The van der Waals surface area contributed by atoms with Crippen LogP contribution in [-0.2, 0) is 9.53 Å². The molecular formula is C14H16N2O3. The van der Waals surface area contributed by atoms with Crippen LogP contribution in [0.3, 0.4) is 0 Å². The zero-order valence-electron chi connectivity index (χ0n) is 10.6. The summed E-state index contributed by atoms with van der Waals surface area (Å²) in [4.78, 5) is 22.7. The average Bonchev–Trinajstić information content (AvgIpc) is 2.42. The van der Waals surface area contributed by atoms with Crippen LogP contribution in [-0.4, -0.2) is 30.7 Å². The number of ether oxygens (including phenoxy) is 1. The van der Waals surface area contributed by atoms with Crippen molar-refractivity contribution >= 4 is 18.1 Å². The first-order valence-corrected chi connectivity index (χ1v) is 6.17. The van der Waals surface area contributed by atoms with E-state index in [0.717, 1.165) is 5.56 Å². The molecule has 19 heavy (non-hydrogen) atoms. The monoisotopic (exact) mass is 260 g/mol. The molecule has 2 rings (SSSR count). The van der Waals surface area contributed by atoms with Gasteiger partial charge >= 0.3 is 6.09 Å². The van der Waals surface area contributed by atoms with Crippen LogP contribution < -0.4 is 10.6 Å². The zero-order chi connectivity index (χ0) is 13.7. The van der Waals surface area contributed by atoms with E-state index in [-0.39, 0.29) is 18.6 Å². The van der Waals surface area contributed by atoms with Crippen molar-refractivity contribution in [1.82, 2.24) is 10.6 Å². The van der Waals surface area contributed by atoms with Gasteiger partial charge < -0.3 is 15.4 Å². The van der Waals surface area contributed by atoms with Crippen LogP contribution in [0, 0.1) is 0 Å². The molecule has 1 aliphatic rings. The Bertz CT molecular complexity index is 485. The quantitative estimate of drug-likeness (QED) is 0.802. The molecule has 0 bridgehead atoms. The van der Waals surface area contributed by atoms with E-state index in [1.54, 1.807) is 6.92 Å². The number of hydrogen-bond acceptors (Lipinski definition) is 3. The van der Waals surface area contributed by atoms with Gasteiger partial charge in [0, 0.05) is 0 Å². The molecule has 2 unspecified atom stereocenters. The summed E-state index contributed by atoms with van der Waals surface area (Å²) in [6, 6.07) is 8.99. The summed E-state index contributed by atoms with van der Waals surface area (Å²) in [6.45, 7) is 2.00. The molecule has 5 nitrogen and oxygen atoms in total. The van der Waals surface area contributed by atoms with Crippen molar-refractivity contribution in [1.29, 1.82) is 0 Å². The molecule has 1 heterocycles. The third kappa shape index (κ3) is 3.34. The molecule has 1 aliphatic heterocycles. The Kier molecular flexibility index (Phi) is 4.18. The average molecular weight is 260 g/mol. The minimum absolute atomic E-state index is 0.197. The lowest BCUT2D eigenvalue weighted by Crippen LogP contribution is -2.68. The van der Waals surface area contributed by atoms with Crippen LogP contribution in [0.15, 0.2) is 36.4 Å². The Labute approximate surface area is 111 Å². The second-order valence-electron chi connectivity index (χ2n) is 4.15.